The topological polar surface area (TPSA) is 101 Å². The molecule has 1 aliphatic heterocycles. The Labute approximate surface area is 241 Å². The van der Waals surface area contributed by atoms with E-state index in [0.29, 0.717) is 41.5 Å². The second kappa shape index (κ2) is 12.3. The minimum absolute atomic E-state index is 0.0121. The molecule has 208 valence electrons. The Hall–Kier alpha value is -3.53. The lowest BCUT2D eigenvalue weighted by atomic mass is 9.96. The number of aldehydes is 1. The Balaban J connectivity index is 1.48. The lowest BCUT2D eigenvalue weighted by Gasteiger charge is -2.29. The highest BCUT2D eigenvalue weighted by Gasteiger charge is 2.27. The molecule has 0 fully saturated rings. The van der Waals surface area contributed by atoms with Gasteiger partial charge in [-0.3, -0.25) is 9.59 Å². The van der Waals surface area contributed by atoms with Crippen LogP contribution in [0.5, 0.6) is 0 Å². The first kappa shape index (κ1) is 29.5. The number of carbonyl (C=O) groups excluding carboxylic acids is 3. The standard InChI is InChI=1S/C29H25Cl2FN2O5S/c1-40(38,39)22-7-4-5-18(14-22)13-21(17-35)33-29(37)27-24(30)15-20-16-34(12-11-23(20)28(27)31)26(36)10-9-19-6-2-3-8-25(19)32/h2-10,14-15,17,21H,11-13,16H2,1H3,(H,33,37)/b10-9+/t21-/m0/s1. The first-order chi connectivity index (χ1) is 19.0. The summed E-state index contributed by atoms with van der Waals surface area (Å²) in [6.45, 7) is 0.522. The van der Waals surface area contributed by atoms with Gasteiger partial charge in [0.25, 0.3) is 5.91 Å². The van der Waals surface area contributed by atoms with Crippen LogP contribution < -0.4 is 5.32 Å². The van der Waals surface area contributed by atoms with Crippen LogP contribution in [-0.2, 0) is 38.8 Å². The summed E-state index contributed by atoms with van der Waals surface area (Å²) in [5.74, 6) is -1.39. The summed E-state index contributed by atoms with van der Waals surface area (Å²) >= 11 is 13.1. The van der Waals surface area contributed by atoms with Gasteiger partial charge in [-0.05, 0) is 59.9 Å². The number of amides is 2. The molecule has 1 atom stereocenters. The minimum atomic E-state index is -3.44. The fourth-order valence-corrected chi connectivity index (χ4v) is 5.91. The molecular formula is C29H25Cl2FN2O5S. The summed E-state index contributed by atoms with van der Waals surface area (Å²) in [6, 6.07) is 12.9. The Kier molecular flexibility index (Phi) is 9.08. The van der Waals surface area contributed by atoms with Crippen LogP contribution in [0.25, 0.3) is 6.08 Å². The number of carbonyl (C=O) groups is 3. The van der Waals surface area contributed by atoms with Crippen LogP contribution in [-0.4, -0.2) is 50.3 Å². The van der Waals surface area contributed by atoms with Crippen LogP contribution in [0.2, 0.25) is 10.0 Å². The van der Waals surface area contributed by atoms with Crippen molar-refractivity contribution >= 4 is 57.2 Å². The molecule has 0 unspecified atom stereocenters. The number of fused-ring (bicyclic) bond motifs is 1. The number of nitrogens with one attached hydrogen (secondary N) is 1. The molecule has 0 saturated carbocycles. The lowest BCUT2D eigenvalue weighted by Crippen LogP contribution is -2.38. The van der Waals surface area contributed by atoms with Gasteiger partial charge in [0.2, 0.25) is 5.91 Å². The first-order valence-electron chi connectivity index (χ1n) is 12.2. The Morgan fingerprint density at radius 1 is 1.12 bits per heavy atom. The summed E-state index contributed by atoms with van der Waals surface area (Å²) in [7, 11) is -3.44. The number of hydrogen-bond donors (Lipinski definition) is 1. The van der Waals surface area contributed by atoms with Crippen molar-refractivity contribution in [3.63, 3.8) is 0 Å². The van der Waals surface area contributed by atoms with Gasteiger partial charge in [0.05, 0.1) is 26.5 Å². The van der Waals surface area contributed by atoms with Crippen molar-refractivity contribution in [2.75, 3.05) is 12.8 Å². The molecule has 2 amide bonds. The highest BCUT2D eigenvalue weighted by Crippen LogP contribution is 2.35. The molecule has 4 rings (SSSR count). The molecule has 0 saturated heterocycles. The van der Waals surface area contributed by atoms with Gasteiger partial charge >= 0.3 is 0 Å². The van der Waals surface area contributed by atoms with Gasteiger partial charge in [-0.1, -0.05) is 53.5 Å². The van der Waals surface area contributed by atoms with E-state index in [1.165, 1.54) is 30.4 Å². The van der Waals surface area contributed by atoms with Crippen molar-refractivity contribution in [2.24, 2.45) is 0 Å². The molecule has 1 N–H and O–H groups in total. The highest BCUT2D eigenvalue weighted by molar-refractivity contribution is 7.90. The predicted molar refractivity (Wildman–Crippen MR) is 152 cm³/mol. The van der Waals surface area contributed by atoms with E-state index in [-0.39, 0.29) is 39.4 Å². The van der Waals surface area contributed by atoms with Crippen molar-refractivity contribution in [1.82, 2.24) is 10.2 Å². The average molecular weight is 603 g/mol. The highest BCUT2D eigenvalue weighted by atomic mass is 35.5. The summed E-state index contributed by atoms with van der Waals surface area (Å²) in [4.78, 5) is 39.3. The summed E-state index contributed by atoms with van der Waals surface area (Å²) < 4.78 is 37.6. The van der Waals surface area contributed by atoms with Gasteiger partial charge in [-0.2, -0.15) is 0 Å². The molecule has 0 radical (unpaired) electrons. The Morgan fingerprint density at radius 3 is 2.58 bits per heavy atom. The molecule has 3 aromatic carbocycles. The van der Waals surface area contributed by atoms with E-state index in [9.17, 15) is 27.2 Å². The molecule has 0 aliphatic carbocycles. The van der Waals surface area contributed by atoms with E-state index in [0.717, 1.165) is 6.26 Å². The third-order valence-electron chi connectivity index (χ3n) is 6.52. The molecule has 11 heteroatoms. The molecule has 1 aliphatic rings. The summed E-state index contributed by atoms with van der Waals surface area (Å²) in [5.41, 5.74) is 2.21. The van der Waals surface area contributed by atoms with Crippen LogP contribution in [0, 0.1) is 5.82 Å². The van der Waals surface area contributed by atoms with E-state index in [1.807, 2.05) is 0 Å². The zero-order valence-corrected chi connectivity index (χ0v) is 23.7. The number of hydrogen-bond acceptors (Lipinski definition) is 5. The minimum Gasteiger partial charge on any atom is -0.342 e. The SMILES string of the molecule is CS(=O)(=O)c1cccc(C[C@@H](C=O)NC(=O)c2c(Cl)cc3c(c2Cl)CCN(C(=O)/C=C/c2ccccc2F)C3)c1. The predicted octanol–water partition coefficient (Wildman–Crippen LogP) is 4.67. The molecular weight excluding hydrogens is 578 g/mol. The quantitative estimate of drug-likeness (QED) is 0.298. The van der Waals surface area contributed by atoms with Gasteiger partial charge < -0.3 is 15.0 Å². The van der Waals surface area contributed by atoms with Crippen molar-refractivity contribution in [3.05, 3.63) is 104 Å². The van der Waals surface area contributed by atoms with Crippen LogP contribution >= 0.6 is 23.2 Å². The Bertz CT molecular complexity index is 1620. The smallest absolute Gasteiger partial charge is 0.254 e. The normalized spacial score (nSPS) is 14.1. The zero-order valence-electron chi connectivity index (χ0n) is 21.4. The number of rotatable bonds is 8. The number of halogens is 3. The third-order valence-corrected chi connectivity index (χ3v) is 8.34. The van der Waals surface area contributed by atoms with E-state index in [1.54, 1.807) is 41.3 Å². The van der Waals surface area contributed by atoms with E-state index in [4.69, 9.17) is 23.2 Å². The number of benzene rings is 3. The van der Waals surface area contributed by atoms with Gasteiger partial charge in [0.15, 0.2) is 9.84 Å². The Morgan fingerprint density at radius 2 is 1.88 bits per heavy atom. The zero-order chi connectivity index (χ0) is 29.0. The van der Waals surface area contributed by atoms with Gasteiger partial charge in [-0.25, -0.2) is 12.8 Å². The summed E-state index contributed by atoms with van der Waals surface area (Å²) in [5, 5.41) is 2.81. The first-order valence-corrected chi connectivity index (χ1v) is 14.9. The lowest BCUT2D eigenvalue weighted by molar-refractivity contribution is -0.126. The molecule has 3 aromatic rings. The van der Waals surface area contributed by atoms with E-state index in [2.05, 4.69) is 5.32 Å². The average Bonchev–Trinajstić information content (AvgIpc) is 2.91. The second-order valence-corrected chi connectivity index (χ2v) is 12.2. The van der Waals surface area contributed by atoms with Gasteiger partial charge in [0, 0.05) is 31.0 Å². The van der Waals surface area contributed by atoms with Crippen molar-refractivity contribution < 1.29 is 27.2 Å². The number of nitrogens with zero attached hydrogens (tertiary/aromatic N) is 1. The second-order valence-electron chi connectivity index (χ2n) is 9.39. The van der Waals surface area contributed by atoms with Crippen molar-refractivity contribution in [2.45, 2.75) is 30.3 Å². The largest absolute Gasteiger partial charge is 0.342 e. The fraction of sp³-hybridized carbons (Fsp3) is 0.207. The summed E-state index contributed by atoms with van der Waals surface area (Å²) in [6.07, 6.45) is 4.80. The fourth-order valence-electron chi connectivity index (χ4n) is 4.46. The van der Waals surface area contributed by atoms with Gasteiger partial charge in [-0.15, -0.1) is 0 Å². The molecule has 7 nitrogen and oxygen atoms in total. The van der Waals surface area contributed by atoms with Crippen molar-refractivity contribution in [1.29, 1.82) is 0 Å². The maximum absolute atomic E-state index is 13.9. The number of sulfone groups is 1. The molecule has 0 aromatic heterocycles. The van der Waals surface area contributed by atoms with Crippen LogP contribution in [0.1, 0.15) is 32.6 Å². The third kappa shape index (κ3) is 6.78. The van der Waals surface area contributed by atoms with Gasteiger partial charge in [0.1, 0.15) is 12.1 Å². The van der Waals surface area contributed by atoms with Crippen LogP contribution in [0.4, 0.5) is 4.39 Å². The van der Waals surface area contributed by atoms with E-state index >= 15 is 0 Å². The molecule has 0 bridgehead atoms. The van der Waals surface area contributed by atoms with Crippen molar-refractivity contribution in [3.8, 4) is 0 Å². The molecule has 1 heterocycles. The molecule has 40 heavy (non-hydrogen) atoms. The maximum Gasteiger partial charge on any atom is 0.254 e. The maximum atomic E-state index is 13.9. The van der Waals surface area contributed by atoms with E-state index < -0.39 is 27.6 Å². The molecule has 0 spiro atoms. The monoisotopic (exact) mass is 602 g/mol. The van der Waals surface area contributed by atoms with Crippen LogP contribution in [0.3, 0.4) is 0 Å². The van der Waals surface area contributed by atoms with Crippen LogP contribution in [0.15, 0.2) is 65.6 Å².